The second kappa shape index (κ2) is 10.6. The van der Waals surface area contributed by atoms with Crippen LogP contribution in [0.5, 0.6) is 5.75 Å². The first-order chi connectivity index (χ1) is 17.8. The predicted molar refractivity (Wildman–Crippen MR) is 141 cm³/mol. The number of anilines is 2. The average molecular weight is 501 g/mol. The fourth-order valence-corrected chi connectivity index (χ4v) is 4.30. The standard InChI is InChI=1S/C29H28N2O6/c1-5-37-23-15-11-19(12-16-23)26(32)24-25(18-9-13-21(14-10-18)30(2)3)31(28(34)27(24)33)22-8-6-7-20(17-22)29(35)36-4/h6-17,25,32H,5H2,1-4H3/b26-24+. The van der Waals surface area contributed by atoms with Gasteiger partial charge in [-0.25, -0.2) is 4.79 Å². The highest BCUT2D eigenvalue weighted by atomic mass is 16.5. The number of aliphatic hydroxyl groups excluding tert-OH is 1. The van der Waals surface area contributed by atoms with E-state index in [1.165, 1.54) is 18.1 Å². The maximum absolute atomic E-state index is 13.4. The monoisotopic (exact) mass is 500 g/mol. The Kier molecular flexibility index (Phi) is 7.29. The first-order valence-electron chi connectivity index (χ1n) is 11.8. The Morgan fingerprint density at radius 2 is 1.65 bits per heavy atom. The van der Waals surface area contributed by atoms with Gasteiger partial charge in [0.2, 0.25) is 0 Å². The molecule has 37 heavy (non-hydrogen) atoms. The van der Waals surface area contributed by atoms with Crippen molar-refractivity contribution in [3.8, 4) is 5.75 Å². The van der Waals surface area contributed by atoms with E-state index in [1.807, 2.05) is 50.2 Å². The Bertz CT molecular complexity index is 1360. The maximum Gasteiger partial charge on any atom is 0.337 e. The van der Waals surface area contributed by atoms with E-state index in [2.05, 4.69) is 0 Å². The number of carbonyl (C=O) groups excluding carboxylic acids is 3. The van der Waals surface area contributed by atoms with Gasteiger partial charge in [-0.05, 0) is 67.1 Å². The summed E-state index contributed by atoms with van der Waals surface area (Å²) >= 11 is 0. The number of Topliss-reactive ketones (excluding diaryl/α,β-unsaturated/α-hetero) is 1. The molecule has 0 bridgehead atoms. The van der Waals surface area contributed by atoms with Crippen LogP contribution >= 0.6 is 0 Å². The molecule has 8 nitrogen and oxygen atoms in total. The normalized spacial score (nSPS) is 16.5. The predicted octanol–water partition coefficient (Wildman–Crippen LogP) is 4.56. The molecule has 190 valence electrons. The molecule has 1 amide bonds. The Hall–Kier alpha value is -4.59. The minimum absolute atomic E-state index is 0.0461. The summed E-state index contributed by atoms with van der Waals surface area (Å²) in [5, 5.41) is 11.3. The molecule has 0 radical (unpaired) electrons. The molecule has 0 spiro atoms. The molecule has 3 aromatic rings. The van der Waals surface area contributed by atoms with E-state index >= 15 is 0 Å². The Morgan fingerprint density at radius 1 is 0.973 bits per heavy atom. The molecule has 1 aliphatic heterocycles. The van der Waals surface area contributed by atoms with Crippen molar-refractivity contribution in [1.82, 2.24) is 0 Å². The van der Waals surface area contributed by atoms with Gasteiger partial charge in [0.1, 0.15) is 11.5 Å². The summed E-state index contributed by atoms with van der Waals surface area (Å²) in [6.45, 7) is 2.36. The highest BCUT2D eigenvalue weighted by Gasteiger charge is 2.47. The van der Waals surface area contributed by atoms with Gasteiger partial charge in [-0.2, -0.15) is 0 Å². The molecular formula is C29H28N2O6. The highest BCUT2D eigenvalue weighted by Crippen LogP contribution is 2.42. The number of amides is 1. The molecule has 3 aromatic carbocycles. The third-order valence-electron chi connectivity index (χ3n) is 6.15. The average Bonchev–Trinajstić information content (AvgIpc) is 3.18. The van der Waals surface area contributed by atoms with Crippen LogP contribution in [-0.2, 0) is 14.3 Å². The number of methoxy groups -OCH3 is 1. The number of hydrogen-bond acceptors (Lipinski definition) is 7. The zero-order valence-corrected chi connectivity index (χ0v) is 21.1. The first kappa shape index (κ1) is 25.5. The van der Waals surface area contributed by atoms with Gasteiger partial charge >= 0.3 is 5.97 Å². The van der Waals surface area contributed by atoms with Crippen molar-refractivity contribution in [2.75, 3.05) is 37.6 Å². The fraction of sp³-hybridized carbons (Fsp3) is 0.207. The van der Waals surface area contributed by atoms with Crippen molar-refractivity contribution in [1.29, 1.82) is 0 Å². The van der Waals surface area contributed by atoms with Crippen LogP contribution in [0.25, 0.3) is 5.76 Å². The van der Waals surface area contributed by atoms with Crippen molar-refractivity contribution in [3.63, 3.8) is 0 Å². The maximum atomic E-state index is 13.4. The molecule has 1 aliphatic rings. The Morgan fingerprint density at radius 3 is 2.24 bits per heavy atom. The van der Waals surface area contributed by atoms with Crippen LogP contribution in [0.1, 0.15) is 34.5 Å². The van der Waals surface area contributed by atoms with E-state index < -0.39 is 23.7 Å². The second-order valence-corrected chi connectivity index (χ2v) is 8.65. The molecule has 4 rings (SSSR count). The summed E-state index contributed by atoms with van der Waals surface area (Å²) in [5.74, 6) is -1.88. The molecule has 0 aromatic heterocycles. The molecule has 1 unspecified atom stereocenters. The smallest absolute Gasteiger partial charge is 0.337 e. The molecule has 1 fully saturated rings. The van der Waals surface area contributed by atoms with Gasteiger partial charge in [0, 0.05) is 31.0 Å². The van der Waals surface area contributed by atoms with Crippen LogP contribution in [0.2, 0.25) is 0 Å². The van der Waals surface area contributed by atoms with Crippen LogP contribution in [0.4, 0.5) is 11.4 Å². The van der Waals surface area contributed by atoms with Crippen LogP contribution in [0.15, 0.2) is 78.4 Å². The van der Waals surface area contributed by atoms with Crippen molar-refractivity contribution in [2.24, 2.45) is 0 Å². The summed E-state index contributed by atoms with van der Waals surface area (Å²) in [6, 6.07) is 19.4. The Balaban J connectivity index is 1.89. The third-order valence-corrected chi connectivity index (χ3v) is 6.15. The summed E-state index contributed by atoms with van der Waals surface area (Å²) < 4.78 is 10.3. The molecule has 1 N–H and O–H groups in total. The number of nitrogens with zero attached hydrogens (tertiary/aromatic N) is 2. The van der Waals surface area contributed by atoms with Gasteiger partial charge in [0.25, 0.3) is 11.7 Å². The van der Waals surface area contributed by atoms with Gasteiger partial charge in [0.15, 0.2) is 0 Å². The lowest BCUT2D eigenvalue weighted by atomic mass is 9.94. The van der Waals surface area contributed by atoms with E-state index in [0.717, 1.165) is 5.69 Å². The minimum atomic E-state index is -0.921. The number of ether oxygens (including phenoxy) is 2. The third kappa shape index (κ3) is 4.91. The molecule has 1 atom stereocenters. The van der Waals surface area contributed by atoms with Gasteiger partial charge in [-0.15, -0.1) is 0 Å². The highest BCUT2D eigenvalue weighted by molar-refractivity contribution is 6.51. The van der Waals surface area contributed by atoms with Crippen LogP contribution < -0.4 is 14.5 Å². The fourth-order valence-electron chi connectivity index (χ4n) is 4.30. The first-order valence-corrected chi connectivity index (χ1v) is 11.8. The zero-order chi connectivity index (χ0) is 26.7. The topological polar surface area (TPSA) is 96.4 Å². The lowest BCUT2D eigenvalue weighted by Gasteiger charge is -2.26. The SMILES string of the molecule is CCOc1ccc(/C(O)=C2\C(=O)C(=O)N(c3cccc(C(=O)OC)c3)C2c2ccc(N(C)C)cc2)cc1. The van der Waals surface area contributed by atoms with Crippen molar-refractivity contribution in [3.05, 3.63) is 95.1 Å². The molecule has 0 saturated carbocycles. The largest absolute Gasteiger partial charge is 0.507 e. The van der Waals surface area contributed by atoms with Crippen molar-refractivity contribution < 1.29 is 29.0 Å². The summed E-state index contributed by atoms with van der Waals surface area (Å²) in [7, 11) is 5.08. The number of benzene rings is 3. The minimum Gasteiger partial charge on any atom is -0.507 e. The molecule has 1 saturated heterocycles. The zero-order valence-electron chi connectivity index (χ0n) is 21.1. The van der Waals surface area contributed by atoms with Gasteiger partial charge in [-0.3, -0.25) is 14.5 Å². The molecule has 1 heterocycles. The molecular weight excluding hydrogens is 472 g/mol. The van der Waals surface area contributed by atoms with E-state index in [9.17, 15) is 19.5 Å². The second-order valence-electron chi connectivity index (χ2n) is 8.65. The lowest BCUT2D eigenvalue weighted by molar-refractivity contribution is -0.132. The van der Waals surface area contributed by atoms with Crippen LogP contribution in [0.3, 0.4) is 0 Å². The van der Waals surface area contributed by atoms with Crippen LogP contribution in [0, 0.1) is 0 Å². The number of hydrogen-bond donors (Lipinski definition) is 1. The van der Waals surface area contributed by atoms with Crippen molar-refractivity contribution >= 4 is 34.8 Å². The molecule has 8 heteroatoms. The van der Waals surface area contributed by atoms with E-state index in [0.29, 0.717) is 29.2 Å². The number of rotatable bonds is 7. The van der Waals surface area contributed by atoms with Gasteiger partial charge in [-0.1, -0.05) is 18.2 Å². The number of esters is 1. The van der Waals surface area contributed by atoms with Gasteiger partial charge in [0.05, 0.1) is 30.9 Å². The summed E-state index contributed by atoms with van der Waals surface area (Å²) in [5.41, 5.74) is 2.45. The van der Waals surface area contributed by atoms with E-state index in [1.54, 1.807) is 42.5 Å². The Labute approximate surface area is 215 Å². The quantitative estimate of drug-likeness (QED) is 0.220. The van der Waals surface area contributed by atoms with Crippen molar-refractivity contribution in [2.45, 2.75) is 13.0 Å². The summed E-state index contributed by atoms with van der Waals surface area (Å²) in [4.78, 5) is 42.2. The lowest BCUT2D eigenvalue weighted by Crippen LogP contribution is -2.29. The molecule has 0 aliphatic carbocycles. The number of ketones is 1. The van der Waals surface area contributed by atoms with E-state index in [-0.39, 0.29) is 16.9 Å². The van der Waals surface area contributed by atoms with Gasteiger partial charge < -0.3 is 19.5 Å². The number of aliphatic hydroxyl groups is 1. The number of carbonyl (C=O) groups is 3. The van der Waals surface area contributed by atoms with Crippen LogP contribution in [-0.4, -0.2) is 50.6 Å². The summed E-state index contributed by atoms with van der Waals surface area (Å²) in [6.07, 6.45) is 0. The van der Waals surface area contributed by atoms with E-state index in [4.69, 9.17) is 9.47 Å².